The summed E-state index contributed by atoms with van der Waals surface area (Å²) in [6.45, 7) is 0. The van der Waals surface area contributed by atoms with Gasteiger partial charge in [-0.25, -0.2) is 9.59 Å². The number of halogens is 1. The maximum Gasteiger partial charge on any atom is 0.412 e. The van der Waals surface area contributed by atoms with Crippen LogP contribution in [0.5, 0.6) is 5.75 Å². The number of anilines is 1. The molecule has 0 unspecified atom stereocenters. The minimum Gasteiger partial charge on any atom is -0.508 e. The van der Waals surface area contributed by atoms with Gasteiger partial charge in [0.25, 0.3) is 0 Å². The van der Waals surface area contributed by atoms with Gasteiger partial charge in [-0.2, -0.15) is 0 Å². The summed E-state index contributed by atoms with van der Waals surface area (Å²) in [5, 5.41) is 21.7. The molecule has 142 valence electrons. The first-order valence-corrected chi connectivity index (χ1v) is 8.93. The first kappa shape index (κ1) is 20.7. The Morgan fingerprint density at radius 2 is 1.89 bits per heavy atom. The number of aliphatic carboxylic acids is 1. The Balaban J connectivity index is 2.32. The van der Waals surface area contributed by atoms with Gasteiger partial charge in [0, 0.05) is 28.0 Å². The Morgan fingerprint density at radius 1 is 1.19 bits per heavy atom. The molecule has 2 aromatic rings. The topological polar surface area (TPSA) is 105 Å². The first-order chi connectivity index (χ1) is 12.9. The third-order valence-corrected chi connectivity index (χ3v) is 4.22. The van der Waals surface area contributed by atoms with Gasteiger partial charge in [0.1, 0.15) is 11.9 Å². The molecule has 0 radical (unpaired) electrons. The lowest BCUT2D eigenvalue weighted by Crippen LogP contribution is -2.27. The predicted molar refractivity (Wildman–Crippen MR) is 108 cm³/mol. The van der Waals surface area contributed by atoms with Crippen LogP contribution >= 0.6 is 22.6 Å². The Hall–Kier alpha value is -2.59. The van der Waals surface area contributed by atoms with Crippen LogP contribution in [0.2, 0.25) is 0 Å². The summed E-state index contributed by atoms with van der Waals surface area (Å²) in [4.78, 5) is 23.2. The van der Waals surface area contributed by atoms with Crippen LogP contribution in [0.4, 0.5) is 10.5 Å². The SMILES string of the molecule is CO[C@H](/C=C/C(=O)O)[C@H](OC(=O)Nc1ccccc1)c1cc(I)ccc1O. The average molecular weight is 483 g/mol. The number of phenols is 1. The van der Waals surface area contributed by atoms with Gasteiger partial charge in [0.15, 0.2) is 6.10 Å². The van der Waals surface area contributed by atoms with Gasteiger partial charge in [-0.3, -0.25) is 5.32 Å². The van der Waals surface area contributed by atoms with Gasteiger partial charge in [0.05, 0.1) is 0 Å². The van der Waals surface area contributed by atoms with Gasteiger partial charge < -0.3 is 19.7 Å². The number of carboxylic acid groups (broad SMARTS) is 1. The monoisotopic (exact) mass is 483 g/mol. The Labute approximate surface area is 169 Å². The van der Waals surface area contributed by atoms with Gasteiger partial charge in [-0.1, -0.05) is 18.2 Å². The molecule has 7 nitrogen and oxygen atoms in total. The number of ether oxygens (including phenoxy) is 2. The number of carbonyl (C=O) groups excluding carboxylic acids is 1. The summed E-state index contributed by atoms with van der Waals surface area (Å²) in [5.74, 6) is -1.27. The number of carbonyl (C=O) groups is 2. The number of benzene rings is 2. The number of aromatic hydroxyl groups is 1. The zero-order chi connectivity index (χ0) is 19.8. The van der Waals surface area contributed by atoms with E-state index in [1.54, 1.807) is 42.5 Å². The Morgan fingerprint density at radius 3 is 2.52 bits per heavy atom. The van der Waals surface area contributed by atoms with Gasteiger partial charge in [0.2, 0.25) is 0 Å². The van der Waals surface area contributed by atoms with Crippen LogP contribution in [0.1, 0.15) is 11.7 Å². The van der Waals surface area contributed by atoms with E-state index in [2.05, 4.69) is 27.9 Å². The van der Waals surface area contributed by atoms with E-state index >= 15 is 0 Å². The highest BCUT2D eigenvalue weighted by molar-refractivity contribution is 14.1. The molecule has 2 aromatic carbocycles. The zero-order valence-electron chi connectivity index (χ0n) is 14.3. The van der Waals surface area contributed by atoms with Crippen molar-refractivity contribution < 1.29 is 29.3 Å². The number of phenolic OH excluding ortho intramolecular Hbond substituents is 1. The molecule has 0 heterocycles. The van der Waals surface area contributed by atoms with Gasteiger partial charge in [-0.05, 0) is 59.0 Å². The molecule has 0 fully saturated rings. The number of nitrogens with one attached hydrogen (secondary N) is 1. The van der Waals surface area contributed by atoms with Crippen molar-refractivity contribution in [3.8, 4) is 5.75 Å². The lowest BCUT2D eigenvalue weighted by atomic mass is 10.0. The van der Waals surface area contributed by atoms with Crippen molar-refractivity contribution in [1.29, 1.82) is 0 Å². The van der Waals surface area contributed by atoms with Crippen LogP contribution in [-0.4, -0.2) is 35.5 Å². The predicted octanol–water partition coefficient (Wildman–Crippen LogP) is 3.94. The van der Waals surface area contributed by atoms with Crippen molar-refractivity contribution in [1.82, 2.24) is 0 Å². The second-order valence-corrected chi connectivity index (χ2v) is 6.66. The summed E-state index contributed by atoms with van der Waals surface area (Å²) in [5.41, 5.74) is 0.829. The fourth-order valence-electron chi connectivity index (χ4n) is 2.33. The third kappa shape index (κ3) is 6.26. The van der Waals surface area contributed by atoms with E-state index in [0.717, 1.165) is 9.65 Å². The number of hydrogen-bond donors (Lipinski definition) is 3. The standard InChI is InChI=1S/C19H18INO6/c1-26-16(9-10-17(23)24)18(14-11-12(20)7-8-15(14)22)27-19(25)21-13-5-3-2-4-6-13/h2-11,16,18,22H,1H3,(H,21,25)(H,23,24)/b10-9+/t16-,18-/m1/s1. The smallest absolute Gasteiger partial charge is 0.412 e. The highest BCUT2D eigenvalue weighted by Gasteiger charge is 2.28. The fraction of sp³-hybridized carbons (Fsp3) is 0.158. The summed E-state index contributed by atoms with van der Waals surface area (Å²) in [7, 11) is 1.35. The summed E-state index contributed by atoms with van der Waals surface area (Å²) in [6.07, 6.45) is -0.613. The van der Waals surface area contributed by atoms with Crippen LogP contribution in [0.15, 0.2) is 60.7 Å². The molecule has 1 amide bonds. The fourth-order valence-corrected chi connectivity index (χ4v) is 2.84. The molecule has 8 heteroatoms. The maximum absolute atomic E-state index is 12.3. The molecule has 0 aliphatic carbocycles. The number of methoxy groups -OCH3 is 1. The number of para-hydroxylation sites is 1. The lowest BCUT2D eigenvalue weighted by molar-refractivity contribution is -0.131. The van der Waals surface area contributed by atoms with Crippen LogP contribution in [0.25, 0.3) is 0 Å². The molecular weight excluding hydrogens is 465 g/mol. The lowest BCUT2D eigenvalue weighted by Gasteiger charge is -2.25. The summed E-state index contributed by atoms with van der Waals surface area (Å²) < 4.78 is 11.6. The van der Waals surface area contributed by atoms with E-state index < -0.39 is 24.3 Å². The second kappa shape index (κ2) is 9.93. The van der Waals surface area contributed by atoms with Crippen molar-refractivity contribution >= 4 is 40.3 Å². The quantitative estimate of drug-likeness (QED) is 0.407. The van der Waals surface area contributed by atoms with Crippen LogP contribution < -0.4 is 5.32 Å². The summed E-state index contributed by atoms with van der Waals surface area (Å²) >= 11 is 2.06. The molecular formula is C19H18INO6. The van der Waals surface area contributed by atoms with E-state index in [0.29, 0.717) is 11.3 Å². The van der Waals surface area contributed by atoms with Gasteiger partial charge in [-0.15, -0.1) is 0 Å². The van der Waals surface area contributed by atoms with E-state index in [4.69, 9.17) is 14.6 Å². The molecule has 0 aliphatic rings. The van der Waals surface area contributed by atoms with Crippen LogP contribution in [0.3, 0.4) is 0 Å². The van der Waals surface area contributed by atoms with Crippen molar-refractivity contribution in [3.63, 3.8) is 0 Å². The van der Waals surface area contributed by atoms with Gasteiger partial charge >= 0.3 is 12.1 Å². The highest BCUT2D eigenvalue weighted by atomic mass is 127. The molecule has 0 saturated heterocycles. The highest BCUT2D eigenvalue weighted by Crippen LogP contribution is 2.33. The number of carboxylic acids is 1. The average Bonchev–Trinajstić information content (AvgIpc) is 2.64. The molecule has 27 heavy (non-hydrogen) atoms. The third-order valence-electron chi connectivity index (χ3n) is 3.55. The second-order valence-electron chi connectivity index (χ2n) is 5.42. The Kier molecular flexibility index (Phi) is 7.62. The van der Waals surface area contributed by atoms with Crippen LogP contribution in [0, 0.1) is 3.57 Å². The van der Waals surface area contributed by atoms with Crippen LogP contribution in [-0.2, 0) is 14.3 Å². The molecule has 2 atom stereocenters. The largest absolute Gasteiger partial charge is 0.508 e. The molecule has 2 rings (SSSR count). The van der Waals surface area contributed by atoms with E-state index in [9.17, 15) is 14.7 Å². The molecule has 0 saturated carbocycles. The minimum atomic E-state index is -1.17. The van der Waals surface area contributed by atoms with Crippen molar-refractivity contribution in [2.75, 3.05) is 12.4 Å². The molecule has 0 spiro atoms. The number of rotatable bonds is 7. The van der Waals surface area contributed by atoms with Crippen molar-refractivity contribution in [2.45, 2.75) is 12.2 Å². The number of hydrogen-bond acceptors (Lipinski definition) is 5. The minimum absolute atomic E-state index is 0.0984. The molecule has 3 N–H and O–H groups in total. The zero-order valence-corrected chi connectivity index (χ0v) is 16.5. The Bertz CT molecular complexity index is 824. The normalized spacial score (nSPS) is 13.1. The summed E-state index contributed by atoms with van der Waals surface area (Å²) in [6, 6.07) is 13.5. The maximum atomic E-state index is 12.3. The van der Waals surface area contributed by atoms with E-state index in [-0.39, 0.29) is 5.75 Å². The first-order valence-electron chi connectivity index (χ1n) is 7.85. The molecule has 0 aliphatic heterocycles. The molecule has 0 aromatic heterocycles. The van der Waals surface area contributed by atoms with E-state index in [1.807, 2.05) is 0 Å². The molecule has 0 bridgehead atoms. The van der Waals surface area contributed by atoms with E-state index in [1.165, 1.54) is 19.3 Å². The van der Waals surface area contributed by atoms with Crippen molar-refractivity contribution in [2.24, 2.45) is 0 Å². The van der Waals surface area contributed by atoms with Crippen molar-refractivity contribution in [3.05, 3.63) is 69.8 Å². The number of amides is 1.